The summed E-state index contributed by atoms with van der Waals surface area (Å²) in [6.45, 7) is 2.35. The molecule has 1 aromatic carbocycles. The molecule has 0 radical (unpaired) electrons. The van der Waals surface area contributed by atoms with E-state index in [4.69, 9.17) is 0 Å². The third-order valence-electron chi connectivity index (χ3n) is 2.84. The molecule has 0 aromatic heterocycles. The first kappa shape index (κ1) is 8.52. The van der Waals surface area contributed by atoms with Crippen LogP contribution in [0.4, 0.5) is 5.69 Å². The van der Waals surface area contributed by atoms with Gasteiger partial charge >= 0.3 is 0 Å². The largest absolute Gasteiger partial charge is 0.290 e. The predicted octanol–water partition coefficient (Wildman–Crippen LogP) is 2.58. The summed E-state index contributed by atoms with van der Waals surface area (Å²) < 4.78 is 1.05. The maximum Gasteiger partial charge on any atom is 0.132 e. The Bertz CT molecular complexity index is 302. The van der Waals surface area contributed by atoms with E-state index >= 15 is 0 Å². The van der Waals surface area contributed by atoms with Crippen molar-refractivity contribution < 1.29 is 0 Å². The van der Waals surface area contributed by atoms with Crippen LogP contribution in [-0.2, 0) is 0 Å². The number of quaternary nitrogens is 1. The monoisotopic (exact) mass is 174 g/mol. The van der Waals surface area contributed by atoms with Gasteiger partial charge in [-0.25, -0.2) is 0 Å². The summed E-state index contributed by atoms with van der Waals surface area (Å²) in [6.07, 6.45) is 5.77. The third-order valence-corrected chi connectivity index (χ3v) is 2.84. The maximum atomic E-state index is 2.30. The van der Waals surface area contributed by atoms with E-state index in [1.54, 1.807) is 0 Å². The molecule has 0 spiro atoms. The van der Waals surface area contributed by atoms with Gasteiger partial charge in [0.15, 0.2) is 0 Å². The lowest BCUT2D eigenvalue weighted by Crippen LogP contribution is -2.47. The zero-order valence-electron chi connectivity index (χ0n) is 8.11. The fourth-order valence-corrected chi connectivity index (χ4v) is 1.90. The summed E-state index contributed by atoms with van der Waals surface area (Å²) in [7, 11) is 2.30. The van der Waals surface area contributed by atoms with Crippen molar-refractivity contribution in [3.05, 3.63) is 42.5 Å². The van der Waals surface area contributed by atoms with Gasteiger partial charge in [0, 0.05) is 6.42 Å². The first-order chi connectivity index (χ1) is 6.31. The molecular weight excluding hydrogens is 158 g/mol. The van der Waals surface area contributed by atoms with Crippen molar-refractivity contribution in [2.24, 2.45) is 0 Å². The van der Waals surface area contributed by atoms with Crippen LogP contribution < -0.4 is 4.48 Å². The number of hydrogen-bond acceptors (Lipinski definition) is 0. The molecule has 0 N–H and O–H groups in total. The Morgan fingerprint density at radius 3 is 2.46 bits per heavy atom. The molecule has 0 amide bonds. The topological polar surface area (TPSA) is 0 Å². The highest BCUT2D eigenvalue weighted by atomic mass is 15.3. The number of hydrogen-bond donors (Lipinski definition) is 0. The molecule has 0 saturated carbocycles. The van der Waals surface area contributed by atoms with Gasteiger partial charge in [-0.05, 0) is 18.2 Å². The minimum atomic E-state index is 1.05. The second kappa shape index (κ2) is 3.35. The number of likely N-dealkylation sites (N-methyl/N-ethyl adjacent to an activating group) is 1. The van der Waals surface area contributed by atoms with E-state index in [0.29, 0.717) is 0 Å². The normalized spacial score (nSPS) is 27.5. The smallest absolute Gasteiger partial charge is 0.132 e. The predicted molar refractivity (Wildman–Crippen MR) is 57.7 cm³/mol. The number of benzene rings is 1. The minimum absolute atomic E-state index is 1.05. The molecule has 0 aliphatic carbocycles. The maximum absolute atomic E-state index is 2.30. The van der Waals surface area contributed by atoms with Crippen molar-refractivity contribution in [3.63, 3.8) is 0 Å². The van der Waals surface area contributed by atoms with E-state index in [1.807, 2.05) is 0 Å². The van der Waals surface area contributed by atoms with Gasteiger partial charge in [-0.1, -0.05) is 24.3 Å². The average Bonchev–Trinajstić information content (AvgIpc) is 2.20. The van der Waals surface area contributed by atoms with Crippen LogP contribution in [0.2, 0.25) is 0 Å². The molecule has 1 aliphatic heterocycles. The van der Waals surface area contributed by atoms with Crippen LogP contribution in [0.3, 0.4) is 0 Å². The van der Waals surface area contributed by atoms with Crippen LogP contribution in [0.25, 0.3) is 0 Å². The molecule has 1 nitrogen and oxygen atoms in total. The fraction of sp³-hybridized carbons (Fsp3) is 0.333. The summed E-state index contributed by atoms with van der Waals surface area (Å²) in [5.41, 5.74) is 1.42. The second-order valence-electron chi connectivity index (χ2n) is 3.90. The lowest BCUT2D eigenvalue weighted by Gasteiger charge is -2.34. The molecule has 1 unspecified atom stereocenters. The molecule has 13 heavy (non-hydrogen) atoms. The van der Waals surface area contributed by atoms with Crippen LogP contribution in [0, 0.1) is 0 Å². The van der Waals surface area contributed by atoms with Crippen LogP contribution in [0.1, 0.15) is 6.42 Å². The lowest BCUT2D eigenvalue weighted by atomic mass is 10.1. The van der Waals surface area contributed by atoms with Gasteiger partial charge in [-0.15, -0.1) is 0 Å². The van der Waals surface area contributed by atoms with Crippen LogP contribution in [0.5, 0.6) is 0 Å². The van der Waals surface area contributed by atoms with E-state index in [2.05, 4.69) is 49.5 Å². The molecule has 0 bridgehead atoms. The third kappa shape index (κ3) is 1.65. The molecule has 1 heteroatoms. The van der Waals surface area contributed by atoms with Crippen LogP contribution in [0.15, 0.2) is 42.5 Å². The first-order valence-electron chi connectivity index (χ1n) is 4.86. The van der Waals surface area contributed by atoms with Crippen molar-refractivity contribution >= 4 is 5.69 Å². The summed E-state index contributed by atoms with van der Waals surface area (Å²) in [4.78, 5) is 0. The van der Waals surface area contributed by atoms with E-state index in [-0.39, 0.29) is 0 Å². The molecule has 1 aromatic rings. The quantitative estimate of drug-likeness (QED) is 0.453. The highest BCUT2D eigenvalue weighted by Crippen LogP contribution is 2.22. The molecule has 0 saturated heterocycles. The van der Waals surface area contributed by atoms with Crippen molar-refractivity contribution in [2.75, 3.05) is 20.1 Å². The first-order valence-corrected chi connectivity index (χ1v) is 4.86. The van der Waals surface area contributed by atoms with Gasteiger partial charge in [0.1, 0.15) is 12.2 Å². The summed E-state index contributed by atoms with van der Waals surface area (Å²) in [5, 5.41) is 0. The summed E-state index contributed by atoms with van der Waals surface area (Å²) >= 11 is 0. The van der Waals surface area contributed by atoms with Crippen LogP contribution >= 0.6 is 0 Å². The van der Waals surface area contributed by atoms with Crippen molar-refractivity contribution in [1.29, 1.82) is 0 Å². The Kier molecular flexibility index (Phi) is 2.19. The minimum Gasteiger partial charge on any atom is -0.290 e. The molecule has 0 fully saturated rings. The zero-order chi connectivity index (χ0) is 9.15. The van der Waals surface area contributed by atoms with Gasteiger partial charge in [0.2, 0.25) is 0 Å². The van der Waals surface area contributed by atoms with Crippen LogP contribution in [-0.4, -0.2) is 20.1 Å². The molecule has 68 valence electrons. The highest BCUT2D eigenvalue weighted by Gasteiger charge is 2.24. The van der Waals surface area contributed by atoms with Gasteiger partial charge in [0.25, 0.3) is 0 Å². The standard InChI is InChI=1S/C12H16N/c1-13(10-6-3-7-11-13)12-8-4-2-5-9-12/h2-6,8-9H,7,10-11H2,1H3/q+1. The Labute approximate surface area is 79.9 Å². The van der Waals surface area contributed by atoms with E-state index in [1.165, 1.54) is 18.7 Å². The number of nitrogens with zero attached hydrogens (tertiary/aromatic N) is 1. The van der Waals surface area contributed by atoms with E-state index in [9.17, 15) is 0 Å². The van der Waals surface area contributed by atoms with Gasteiger partial charge < -0.3 is 0 Å². The Morgan fingerprint density at radius 2 is 1.85 bits per heavy atom. The zero-order valence-corrected chi connectivity index (χ0v) is 8.11. The Morgan fingerprint density at radius 1 is 1.08 bits per heavy atom. The van der Waals surface area contributed by atoms with E-state index < -0.39 is 0 Å². The highest BCUT2D eigenvalue weighted by molar-refractivity contribution is 5.42. The van der Waals surface area contributed by atoms with E-state index in [0.717, 1.165) is 11.0 Å². The fourth-order valence-electron chi connectivity index (χ4n) is 1.90. The molecule has 1 atom stereocenters. The second-order valence-corrected chi connectivity index (χ2v) is 3.90. The average molecular weight is 174 g/mol. The summed E-state index contributed by atoms with van der Waals surface area (Å²) in [5.74, 6) is 0. The van der Waals surface area contributed by atoms with Gasteiger partial charge in [0.05, 0.1) is 13.6 Å². The van der Waals surface area contributed by atoms with Crippen molar-refractivity contribution in [2.45, 2.75) is 6.42 Å². The molecule has 1 aliphatic rings. The lowest BCUT2D eigenvalue weighted by molar-refractivity contribution is 0.358. The SMILES string of the molecule is C[N+]1(c2ccccc2)CC=CCC1. The molecular formula is C12H16N+. The number of para-hydroxylation sites is 1. The van der Waals surface area contributed by atoms with Crippen molar-refractivity contribution in [1.82, 2.24) is 4.48 Å². The van der Waals surface area contributed by atoms with Gasteiger partial charge in [-0.2, -0.15) is 0 Å². The molecule has 2 rings (SSSR count). The number of rotatable bonds is 1. The summed E-state index contributed by atoms with van der Waals surface area (Å²) in [6, 6.07) is 10.8. The van der Waals surface area contributed by atoms with Gasteiger partial charge in [-0.3, -0.25) is 4.48 Å². The Hall–Kier alpha value is -1.08. The Balaban J connectivity index is 2.29. The van der Waals surface area contributed by atoms with Crippen molar-refractivity contribution in [3.8, 4) is 0 Å². The molecule has 1 heterocycles.